The number of nitrogens with zero attached hydrogens (tertiary/aromatic N) is 1. The molecule has 1 aliphatic rings. The third-order valence-corrected chi connectivity index (χ3v) is 2.68. The van der Waals surface area contributed by atoms with Gasteiger partial charge in [-0.05, 0) is 13.0 Å². The molecule has 5 nitrogen and oxygen atoms in total. The van der Waals surface area contributed by atoms with Crippen molar-refractivity contribution < 1.29 is 31.5 Å². The first-order valence-corrected chi connectivity index (χ1v) is 5.29. The van der Waals surface area contributed by atoms with Crippen molar-refractivity contribution in [3.63, 3.8) is 0 Å². The summed E-state index contributed by atoms with van der Waals surface area (Å²) >= 11 is 0. The highest BCUT2D eigenvalue weighted by Crippen LogP contribution is 2.16. The van der Waals surface area contributed by atoms with Gasteiger partial charge in [0.1, 0.15) is 17.1 Å². The molecular weight excluding hydrogens is 246 g/mol. The van der Waals surface area contributed by atoms with Crippen molar-refractivity contribution in [2.24, 2.45) is 0 Å². The fourth-order valence-electron chi connectivity index (χ4n) is 1.81. The molecule has 0 bridgehead atoms. The number of morpholine rings is 1. The third kappa shape index (κ3) is 3.46. The van der Waals surface area contributed by atoms with Gasteiger partial charge < -0.3 is 26.7 Å². The van der Waals surface area contributed by atoms with Gasteiger partial charge in [-0.25, -0.2) is 4.79 Å². The van der Waals surface area contributed by atoms with E-state index in [-0.39, 0.29) is 18.0 Å². The van der Waals surface area contributed by atoms with Crippen molar-refractivity contribution in [3.05, 3.63) is 23.2 Å². The van der Waals surface area contributed by atoms with Gasteiger partial charge in [0.05, 0.1) is 19.8 Å². The molecule has 0 radical (unpaired) electrons. The van der Waals surface area contributed by atoms with Crippen molar-refractivity contribution in [2.45, 2.75) is 13.5 Å². The van der Waals surface area contributed by atoms with E-state index in [0.29, 0.717) is 18.1 Å². The first-order valence-electron chi connectivity index (χ1n) is 5.29. The van der Waals surface area contributed by atoms with Crippen molar-refractivity contribution in [3.8, 4) is 0 Å². The molecule has 1 saturated heterocycles. The summed E-state index contributed by atoms with van der Waals surface area (Å²) in [6.45, 7) is 5.50. The Morgan fingerprint density at radius 1 is 1.47 bits per heavy atom. The lowest BCUT2D eigenvalue weighted by Gasteiger charge is -2.25. The Kier molecular flexibility index (Phi) is 4.99. The summed E-state index contributed by atoms with van der Waals surface area (Å²) in [6.07, 6.45) is 0. The van der Waals surface area contributed by atoms with Gasteiger partial charge in [0.15, 0.2) is 0 Å². The molecule has 0 spiro atoms. The van der Waals surface area contributed by atoms with Gasteiger partial charge in [-0.3, -0.25) is 4.90 Å². The number of ether oxygens (including phenoxy) is 1. The maximum atomic E-state index is 10.8. The smallest absolute Gasteiger partial charge is 0.339 e. The van der Waals surface area contributed by atoms with E-state index >= 15 is 0 Å². The minimum Gasteiger partial charge on any atom is -1.00 e. The van der Waals surface area contributed by atoms with Crippen molar-refractivity contribution in [1.82, 2.24) is 4.90 Å². The molecule has 1 aromatic rings. The monoisotopic (exact) mass is 260 g/mol. The molecule has 2 heterocycles. The number of carbonyl (C=O) groups is 1. The molecule has 17 heavy (non-hydrogen) atoms. The molecule has 0 unspecified atom stereocenters. The van der Waals surface area contributed by atoms with Crippen LogP contribution in [0.3, 0.4) is 0 Å². The van der Waals surface area contributed by atoms with Crippen LogP contribution in [0.15, 0.2) is 10.5 Å². The summed E-state index contributed by atoms with van der Waals surface area (Å²) in [7, 11) is 0. The number of halogens is 1. The predicted octanol–water partition coefficient (Wildman–Crippen LogP) is -1.88. The van der Waals surface area contributed by atoms with Crippen LogP contribution in [0.25, 0.3) is 0 Å². The second kappa shape index (κ2) is 6.05. The number of aromatic carboxylic acids is 1. The molecule has 1 aliphatic heterocycles. The van der Waals surface area contributed by atoms with Crippen LogP contribution in [0.4, 0.5) is 0 Å². The van der Waals surface area contributed by atoms with Crippen LogP contribution in [-0.4, -0.2) is 42.3 Å². The van der Waals surface area contributed by atoms with Crippen LogP contribution in [0.2, 0.25) is 0 Å². The van der Waals surface area contributed by atoms with E-state index in [1.807, 2.05) is 0 Å². The molecule has 0 saturated carbocycles. The molecule has 2 rings (SSSR count). The van der Waals surface area contributed by atoms with E-state index in [0.717, 1.165) is 26.3 Å². The average molecular weight is 261 g/mol. The average Bonchev–Trinajstić information content (AvgIpc) is 2.61. The third-order valence-electron chi connectivity index (χ3n) is 2.68. The van der Waals surface area contributed by atoms with Gasteiger partial charge in [0.2, 0.25) is 0 Å². The molecule has 0 atom stereocenters. The van der Waals surface area contributed by atoms with Crippen LogP contribution < -0.4 is 12.4 Å². The Balaban J connectivity index is 0.00000144. The van der Waals surface area contributed by atoms with Gasteiger partial charge in [-0.1, -0.05) is 0 Å². The van der Waals surface area contributed by atoms with Crippen molar-refractivity contribution >= 4 is 5.97 Å². The number of furan rings is 1. The summed E-state index contributed by atoms with van der Waals surface area (Å²) in [6, 6.07) is 1.60. The van der Waals surface area contributed by atoms with Gasteiger partial charge in [0, 0.05) is 13.1 Å². The van der Waals surface area contributed by atoms with E-state index in [2.05, 4.69) is 4.90 Å². The number of hydrogen-bond donors (Lipinski definition) is 1. The van der Waals surface area contributed by atoms with Crippen LogP contribution in [-0.2, 0) is 11.3 Å². The van der Waals surface area contributed by atoms with Gasteiger partial charge >= 0.3 is 5.97 Å². The zero-order valence-electron chi connectivity index (χ0n) is 9.61. The summed E-state index contributed by atoms with van der Waals surface area (Å²) < 4.78 is 10.7. The number of hydrogen-bond acceptors (Lipinski definition) is 4. The van der Waals surface area contributed by atoms with Crippen LogP contribution in [0.1, 0.15) is 21.9 Å². The van der Waals surface area contributed by atoms with Crippen molar-refractivity contribution in [1.29, 1.82) is 0 Å². The fraction of sp³-hybridized carbons (Fsp3) is 0.545. The van der Waals surface area contributed by atoms with E-state index in [4.69, 9.17) is 14.3 Å². The lowest BCUT2D eigenvalue weighted by molar-refractivity contribution is -0.0000230. The van der Waals surface area contributed by atoms with Gasteiger partial charge in [-0.15, -0.1) is 0 Å². The maximum absolute atomic E-state index is 10.8. The lowest BCUT2D eigenvalue weighted by atomic mass is 10.2. The maximum Gasteiger partial charge on any atom is 0.339 e. The standard InChI is InChI=1S/C11H15NO4.ClH/c1-8-10(11(13)14)6-9(16-8)7-12-2-4-15-5-3-12;/h6H,2-5,7H2,1H3,(H,13,14);1H/p-1. The zero-order valence-corrected chi connectivity index (χ0v) is 10.4. The number of aryl methyl sites for hydroxylation is 1. The zero-order chi connectivity index (χ0) is 11.5. The van der Waals surface area contributed by atoms with Crippen molar-refractivity contribution in [2.75, 3.05) is 26.3 Å². The molecule has 1 N–H and O–H groups in total. The van der Waals surface area contributed by atoms with Crippen LogP contribution in [0.5, 0.6) is 0 Å². The highest BCUT2D eigenvalue weighted by molar-refractivity contribution is 5.88. The van der Waals surface area contributed by atoms with Gasteiger partial charge in [-0.2, -0.15) is 0 Å². The molecule has 96 valence electrons. The Morgan fingerprint density at radius 2 is 2.12 bits per heavy atom. The molecule has 0 aromatic carbocycles. The van der Waals surface area contributed by atoms with Gasteiger partial charge in [0.25, 0.3) is 0 Å². The van der Waals surface area contributed by atoms with E-state index in [1.54, 1.807) is 13.0 Å². The number of carboxylic acids is 1. The largest absolute Gasteiger partial charge is 1.00 e. The SMILES string of the molecule is Cc1oc(CN2CCOCC2)cc1C(=O)O.[Cl-]. The van der Waals surface area contributed by atoms with Crippen LogP contribution >= 0.6 is 0 Å². The Labute approximate surface area is 106 Å². The highest BCUT2D eigenvalue weighted by atomic mass is 35.5. The minimum absolute atomic E-state index is 0. The highest BCUT2D eigenvalue weighted by Gasteiger charge is 2.17. The normalized spacial score (nSPS) is 16.5. The minimum atomic E-state index is -0.936. The summed E-state index contributed by atoms with van der Waals surface area (Å²) in [4.78, 5) is 13.0. The molecule has 1 fully saturated rings. The number of carboxylic acid groups (broad SMARTS) is 1. The Bertz CT molecular complexity index is 385. The Hall–Kier alpha value is -1.04. The molecule has 0 amide bonds. The predicted molar refractivity (Wildman–Crippen MR) is 56.5 cm³/mol. The molecule has 6 heteroatoms. The first-order chi connectivity index (χ1) is 7.66. The topological polar surface area (TPSA) is 62.9 Å². The molecule has 1 aromatic heterocycles. The first kappa shape index (κ1) is 14.0. The fourth-order valence-corrected chi connectivity index (χ4v) is 1.81. The second-order valence-corrected chi connectivity index (χ2v) is 3.88. The van der Waals surface area contributed by atoms with E-state index in [1.165, 1.54) is 0 Å². The molecular formula is C11H15ClNO4-. The van der Waals surface area contributed by atoms with E-state index in [9.17, 15) is 4.79 Å². The lowest BCUT2D eigenvalue weighted by Crippen LogP contribution is -3.00. The van der Waals surface area contributed by atoms with Crippen LogP contribution in [0, 0.1) is 6.92 Å². The summed E-state index contributed by atoms with van der Waals surface area (Å²) in [5.74, 6) is 0.238. The summed E-state index contributed by atoms with van der Waals surface area (Å²) in [5.41, 5.74) is 0.253. The summed E-state index contributed by atoms with van der Waals surface area (Å²) in [5, 5.41) is 8.89. The second-order valence-electron chi connectivity index (χ2n) is 3.88. The van der Waals surface area contributed by atoms with E-state index < -0.39 is 5.97 Å². The Morgan fingerprint density at radius 3 is 2.65 bits per heavy atom. The number of rotatable bonds is 3. The molecule has 0 aliphatic carbocycles. The quantitative estimate of drug-likeness (QED) is 0.690.